The summed E-state index contributed by atoms with van der Waals surface area (Å²) < 4.78 is 22.2. The molecule has 0 bridgehead atoms. The lowest BCUT2D eigenvalue weighted by Crippen LogP contribution is -2.33. The first-order valence-corrected chi connectivity index (χ1v) is 7.59. The monoisotopic (exact) mass is 253 g/mol. The summed E-state index contributed by atoms with van der Waals surface area (Å²) in [5.41, 5.74) is 2.04. The first-order chi connectivity index (χ1) is 7.88. The molecule has 0 amide bonds. The maximum atomic E-state index is 11.1. The van der Waals surface area contributed by atoms with Crippen molar-refractivity contribution < 1.29 is 8.42 Å². The maximum absolute atomic E-state index is 11.1. The van der Waals surface area contributed by atoms with Crippen LogP contribution in [0.5, 0.6) is 0 Å². The molecular formula is C13H19NO2S. The van der Waals surface area contributed by atoms with Crippen LogP contribution < -0.4 is 5.32 Å². The van der Waals surface area contributed by atoms with Crippen molar-refractivity contribution in [2.75, 3.05) is 18.6 Å². The quantitative estimate of drug-likeness (QED) is 0.839. The van der Waals surface area contributed by atoms with E-state index in [1.165, 1.54) is 6.26 Å². The summed E-state index contributed by atoms with van der Waals surface area (Å²) in [6.07, 6.45) is 1.25. The van der Waals surface area contributed by atoms with Crippen LogP contribution in [0.25, 0.3) is 5.57 Å². The molecule has 0 spiro atoms. The van der Waals surface area contributed by atoms with Gasteiger partial charge in [0.2, 0.25) is 0 Å². The van der Waals surface area contributed by atoms with Gasteiger partial charge in [0.15, 0.2) is 0 Å². The van der Waals surface area contributed by atoms with Gasteiger partial charge in [-0.25, -0.2) is 8.42 Å². The van der Waals surface area contributed by atoms with Crippen LogP contribution in [0.2, 0.25) is 0 Å². The molecule has 0 fully saturated rings. The Labute approximate surface area is 103 Å². The van der Waals surface area contributed by atoms with E-state index in [2.05, 4.69) is 11.9 Å². The van der Waals surface area contributed by atoms with Gasteiger partial charge in [0.05, 0.1) is 5.75 Å². The molecule has 17 heavy (non-hydrogen) atoms. The van der Waals surface area contributed by atoms with Crippen LogP contribution >= 0.6 is 0 Å². The van der Waals surface area contributed by atoms with Gasteiger partial charge in [0, 0.05) is 18.8 Å². The van der Waals surface area contributed by atoms with Crippen LogP contribution in [0.3, 0.4) is 0 Å². The minimum atomic E-state index is -2.93. The largest absolute Gasteiger partial charge is 0.309 e. The predicted molar refractivity (Wildman–Crippen MR) is 72.7 cm³/mol. The number of rotatable bonds is 6. The molecule has 0 aliphatic heterocycles. The van der Waals surface area contributed by atoms with Gasteiger partial charge in [0.1, 0.15) is 9.84 Å². The Hall–Kier alpha value is -1.13. The fourth-order valence-corrected chi connectivity index (χ4v) is 2.61. The molecule has 0 aromatic heterocycles. The molecule has 1 rings (SSSR count). The Morgan fingerprint density at radius 1 is 1.35 bits per heavy atom. The van der Waals surface area contributed by atoms with E-state index in [4.69, 9.17) is 0 Å². The molecule has 0 saturated heterocycles. The highest BCUT2D eigenvalue weighted by Crippen LogP contribution is 2.10. The maximum Gasteiger partial charge on any atom is 0.148 e. The molecule has 0 saturated carbocycles. The van der Waals surface area contributed by atoms with Gasteiger partial charge >= 0.3 is 0 Å². The number of hydrogen-bond donors (Lipinski definition) is 1. The normalized spacial score (nSPS) is 13.3. The summed E-state index contributed by atoms with van der Waals surface area (Å²) in [5.74, 6) is 0.148. The Morgan fingerprint density at radius 2 is 1.94 bits per heavy atom. The molecule has 94 valence electrons. The third kappa shape index (κ3) is 5.65. The third-order valence-electron chi connectivity index (χ3n) is 2.40. The minimum Gasteiger partial charge on any atom is -0.309 e. The average Bonchev–Trinajstić information content (AvgIpc) is 2.25. The van der Waals surface area contributed by atoms with Crippen LogP contribution in [0.1, 0.15) is 12.5 Å². The molecule has 0 aliphatic rings. The van der Waals surface area contributed by atoms with Gasteiger partial charge in [-0.15, -0.1) is 0 Å². The lowest BCUT2D eigenvalue weighted by atomic mass is 10.1. The number of nitrogens with one attached hydrogen (secondary N) is 1. The van der Waals surface area contributed by atoms with Crippen LogP contribution in [0.4, 0.5) is 0 Å². The van der Waals surface area contributed by atoms with Gasteiger partial charge in [0.25, 0.3) is 0 Å². The lowest BCUT2D eigenvalue weighted by Gasteiger charge is -2.14. The molecule has 1 atom stereocenters. The second kappa shape index (κ2) is 5.98. The van der Waals surface area contributed by atoms with E-state index in [1.807, 2.05) is 37.3 Å². The van der Waals surface area contributed by atoms with Crippen molar-refractivity contribution >= 4 is 15.4 Å². The molecule has 0 heterocycles. The topological polar surface area (TPSA) is 46.2 Å². The van der Waals surface area contributed by atoms with E-state index in [-0.39, 0.29) is 11.8 Å². The first kappa shape index (κ1) is 13.9. The van der Waals surface area contributed by atoms with Gasteiger partial charge in [-0.2, -0.15) is 0 Å². The zero-order chi connectivity index (χ0) is 12.9. The third-order valence-corrected chi connectivity index (χ3v) is 3.50. The van der Waals surface area contributed by atoms with Crippen molar-refractivity contribution in [2.24, 2.45) is 0 Å². The van der Waals surface area contributed by atoms with E-state index in [0.717, 1.165) is 11.1 Å². The van der Waals surface area contributed by atoms with Crippen LogP contribution in [0.15, 0.2) is 36.9 Å². The number of hydrogen-bond acceptors (Lipinski definition) is 3. The highest BCUT2D eigenvalue weighted by molar-refractivity contribution is 7.90. The number of sulfone groups is 1. The minimum absolute atomic E-state index is 0.0644. The molecule has 1 unspecified atom stereocenters. The zero-order valence-electron chi connectivity index (χ0n) is 10.3. The van der Waals surface area contributed by atoms with Crippen molar-refractivity contribution in [1.82, 2.24) is 5.32 Å². The first-order valence-electron chi connectivity index (χ1n) is 5.53. The fourth-order valence-electron chi connectivity index (χ4n) is 1.59. The van der Waals surface area contributed by atoms with Crippen molar-refractivity contribution in [3.63, 3.8) is 0 Å². The van der Waals surface area contributed by atoms with Gasteiger partial charge in [-0.3, -0.25) is 0 Å². The van der Waals surface area contributed by atoms with Gasteiger partial charge in [-0.1, -0.05) is 36.9 Å². The van der Waals surface area contributed by atoms with E-state index in [1.54, 1.807) is 0 Å². The zero-order valence-corrected chi connectivity index (χ0v) is 11.1. The summed E-state index contributed by atoms with van der Waals surface area (Å²) in [7, 11) is -2.93. The van der Waals surface area contributed by atoms with Gasteiger partial charge in [-0.05, 0) is 18.1 Å². The van der Waals surface area contributed by atoms with E-state index in [0.29, 0.717) is 6.54 Å². The Bertz CT molecular complexity index is 465. The number of benzene rings is 1. The molecule has 1 aromatic rings. The SMILES string of the molecule is C=C(CNC(C)CS(C)(=O)=O)c1ccccc1. The van der Waals surface area contributed by atoms with Crippen molar-refractivity contribution in [3.8, 4) is 0 Å². The lowest BCUT2D eigenvalue weighted by molar-refractivity contribution is 0.578. The summed E-state index contributed by atoms with van der Waals surface area (Å²) in [6.45, 7) is 6.44. The molecule has 3 nitrogen and oxygen atoms in total. The van der Waals surface area contributed by atoms with Crippen LogP contribution in [-0.4, -0.2) is 33.0 Å². The van der Waals surface area contributed by atoms with E-state index < -0.39 is 9.84 Å². The summed E-state index contributed by atoms with van der Waals surface area (Å²) in [6, 6.07) is 9.79. The highest BCUT2D eigenvalue weighted by atomic mass is 32.2. The van der Waals surface area contributed by atoms with E-state index >= 15 is 0 Å². The van der Waals surface area contributed by atoms with Crippen molar-refractivity contribution in [2.45, 2.75) is 13.0 Å². The molecule has 0 aliphatic carbocycles. The second-order valence-corrected chi connectivity index (χ2v) is 6.53. The summed E-state index contributed by atoms with van der Waals surface area (Å²) in [5, 5.41) is 3.16. The standard InChI is InChI=1S/C13H19NO2S/c1-11(13-7-5-4-6-8-13)9-14-12(2)10-17(3,15)16/h4-8,12,14H,1,9-10H2,2-3H3. The summed E-state index contributed by atoms with van der Waals surface area (Å²) in [4.78, 5) is 0. The molecule has 1 aromatic carbocycles. The predicted octanol–water partition coefficient (Wildman–Crippen LogP) is 1.72. The Morgan fingerprint density at radius 3 is 2.47 bits per heavy atom. The molecule has 1 N–H and O–H groups in total. The van der Waals surface area contributed by atoms with Crippen molar-refractivity contribution in [1.29, 1.82) is 0 Å². The summed E-state index contributed by atoms with van der Waals surface area (Å²) >= 11 is 0. The fraction of sp³-hybridized carbons (Fsp3) is 0.385. The average molecular weight is 253 g/mol. The highest BCUT2D eigenvalue weighted by Gasteiger charge is 2.10. The smallest absolute Gasteiger partial charge is 0.148 e. The molecule has 0 radical (unpaired) electrons. The Balaban J connectivity index is 2.44. The van der Waals surface area contributed by atoms with Crippen LogP contribution in [-0.2, 0) is 9.84 Å². The Kier molecular flexibility index (Phi) is 4.90. The molecular weight excluding hydrogens is 234 g/mol. The van der Waals surface area contributed by atoms with E-state index in [9.17, 15) is 8.42 Å². The van der Waals surface area contributed by atoms with Crippen molar-refractivity contribution in [3.05, 3.63) is 42.5 Å². The van der Waals surface area contributed by atoms with Gasteiger partial charge < -0.3 is 5.32 Å². The van der Waals surface area contributed by atoms with Crippen LogP contribution in [0, 0.1) is 0 Å². The second-order valence-electron chi connectivity index (χ2n) is 4.34. The molecule has 4 heteroatoms.